The molecule has 88 valence electrons. The van der Waals surface area contributed by atoms with Crippen molar-refractivity contribution in [2.45, 2.75) is 57.3 Å². The molecule has 0 spiro atoms. The van der Waals surface area contributed by atoms with Crippen LogP contribution in [0.25, 0.3) is 0 Å². The van der Waals surface area contributed by atoms with Crippen LogP contribution in [-0.4, -0.2) is 36.0 Å². The lowest BCUT2D eigenvalue weighted by molar-refractivity contribution is 0.0630. The van der Waals surface area contributed by atoms with E-state index in [0.29, 0.717) is 12.1 Å². The summed E-state index contributed by atoms with van der Waals surface area (Å²) in [6, 6.07) is 0.528. The van der Waals surface area contributed by atoms with Gasteiger partial charge in [-0.3, -0.25) is 0 Å². The minimum Gasteiger partial charge on any atom is -0.390 e. The molecular weight excluding hydrogens is 190 g/mol. The molecule has 2 aliphatic rings. The van der Waals surface area contributed by atoms with Crippen molar-refractivity contribution in [3.8, 4) is 0 Å². The van der Waals surface area contributed by atoms with Crippen LogP contribution in [0.2, 0.25) is 0 Å². The van der Waals surface area contributed by atoms with Crippen LogP contribution in [0.4, 0.5) is 0 Å². The van der Waals surface area contributed by atoms with Gasteiger partial charge >= 0.3 is 0 Å². The Bertz CT molecular complexity index is 208. The van der Waals surface area contributed by atoms with Gasteiger partial charge in [0.05, 0.1) is 11.7 Å². The zero-order valence-electron chi connectivity index (χ0n) is 9.83. The lowest BCUT2D eigenvalue weighted by atomic mass is 10.0. The van der Waals surface area contributed by atoms with Gasteiger partial charge in [-0.1, -0.05) is 0 Å². The quantitative estimate of drug-likeness (QED) is 0.723. The molecule has 1 saturated heterocycles. The predicted octanol–water partition coefficient (Wildman–Crippen LogP) is 1.30. The number of nitrogens with one attached hydrogen (secondary N) is 1. The molecule has 2 unspecified atom stereocenters. The van der Waals surface area contributed by atoms with Crippen molar-refractivity contribution in [3.05, 3.63) is 0 Å². The van der Waals surface area contributed by atoms with Gasteiger partial charge in [0.1, 0.15) is 0 Å². The van der Waals surface area contributed by atoms with E-state index >= 15 is 0 Å². The first-order valence-corrected chi connectivity index (χ1v) is 6.14. The van der Waals surface area contributed by atoms with Gasteiger partial charge in [-0.25, -0.2) is 0 Å². The van der Waals surface area contributed by atoms with Crippen LogP contribution >= 0.6 is 0 Å². The van der Waals surface area contributed by atoms with Gasteiger partial charge in [-0.2, -0.15) is 0 Å². The highest BCUT2D eigenvalue weighted by atomic mass is 16.5. The molecule has 3 nitrogen and oxygen atoms in total. The van der Waals surface area contributed by atoms with Crippen LogP contribution in [0.15, 0.2) is 0 Å². The van der Waals surface area contributed by atoms with Crippen molar-refractivity contribution in [1.29, 1.82) is 0 Å². The monoisotopic (exact) mass is 213 g/mol. The molecule has 0 amide bonds. The minimum absolute atomic E-state index is 0.451. The van der Waals surface area contributed by atoms with Crippen molar-refractivity contribution in [2.75, 3.05) is 13.2 Å². The summed E-state index contributed by atoms with van der Waals surface area (Å²) in [6.45, 7) is 5.51. The van der Waals surface area contributed by atoms with Crippen molar-refractivity contribution >= 4 is 0 Å². The van der Waals surface area contributed by atoms with Gasteiger partial charge < -0.3 is 15.2 Å². The zero-order chi connectivity index (χ0) is 10.9. The topological polar surface area (TPSA) is 41.5 Å². The highest BCUT2D eigenvalue weighted by molar-refractivity contribution is 4.93. The molecule has 0 aromatic carbocycles. The second-order valence-electron chi connectivity index (χ2n) is 5.58. The molecule has 0 aromatic rings. The van der Waals surface area contributed by atoms with Gasteiger partial charge in [-0.15, -0.1) is 0 Å². The summed E-state index contributed by atoms with van der Waals surface area (Å²) in [5, 5.41) is 13.1. The summed E-state index contributed by atoms with van der Waals surface area (Å²) in [4.78, 5) is 0. The molecule has 0 bridgehead atoms. The Morgan fingerprint density at radius 1 is 1.33 bits per heavy atom. The van der Waals surface area contributed by atoms with Crippen LogP contribution in [0, 0.1) is 5.92 Å². The Morgan fingerprint density at radius 2 is 2.07 bits per heavy atom. The Labute approximate surface area is 92.2 Å². The van der Waals surface area contributed by atoms with Gasteiger partial charge in [0.2, 0.25) is 0 Å². The van der Waals surface area contributed by atoms with Crippen LogP contribution in [0.5, 0.6) is 0 Å². The molecule has 0 radical (unpaired) electrons. The van der Waals surface area contributed by atoms with Crippen molar-refractivity contribution in [1.82, 2.24) is 5.32 Å². The number of hydrogen-bond donors (Lipinski definition) is 2. The molecule has 2 fully saturated rings. The third-order valence-electron chi connectivity index (χ3n) is 3.37. The summed E-state index contributed by atoms with van der Waals surface area (Å²) < 4.78 is 5.75. The summed E-state index contributed by atoms with van der Waals surface area (Å²) in [5.74, 6) is 0.812. The van der Waals surface area contributed by atoms with Crippen molar-refractivity contribution < 1.29 is 9.84 Å². The van der Waals surface area contributed by atoms with E-state index in [-0.39, 0.29) is 0 Å². The van der Waals surface area contributed by atoms with Crippen molar-refractivity contribution in [3.63, 3.8) is 0 Å². The number of aliphatic hydroxyl groups is 1. The molecule has 2 atom stereocenters. The zero-order valence-corrected chi connectivity index (χ0v) is 9.83. The van der Waals surface area contributed by atoms with Crippen LogP contribution in [0.1, 0.15) is 39.5 Å². The first-order valence-electron chi connectivity index (χ1n) is 6.14. The van der Waals surface area contributed by atoms with Crippen LogP contribution < -0.4 is 5.32 Å². The SMILES string of the molecule is CC(C)(O)CCNC1CCOC1C1CC1. The minimum atomic E-state index is -0.554. The number of ether oxygens (including phenoxy) is 1. The van der Waals surface area contributed by atoms with Gasteiger partial charge in [0, 0.05) is 12.6 Å². The highest BCUT2D eigenvalue weighted by Gasteiger charge is 2.40. The van der Waals surface area contributed by atoms with Gasteiger partial charge in [0.15, 0.2) is 0 Å². The maximum absolute atomic E-state index is 9.61. The van der Waals surface area contributed by atoms with Crippen LogP contribution in [-0.2, 0) is 4.74 Å². The highest BCUT2D eigenvalue weighted by Crippen LogP contribution is 2.38. The van der Waals surface area contributed by atoms with Crippen molar-refractivity contribution in [2.24, 2.45) is 5.92 Å². The Morgan fingerprint density at radius 3 is 2.67 bits per heavy atom. The first kappa shape index (κ1) is 11.4. The van der Waals surface area contributed by atoms with Gasteiger partial charge in [0.25, 0.3) is 0 Å². The van der Waals surface area contributed by atoms with E-state index in [1.165, 1.54) is 12.8 Å². The smallest absolute Gasteiger partial charge is 0.0756 e. The van der Waals surface area contributed by atoms with E-state index < -0.39 is 5.60 Å². The van der Waals surface area contributed by atoms with Crippen LogP contribution in [0.3, 0.4) is 0 Å². The van der Waals surface area contributed by atoms with E-state index in [9.17, 15) is 5.11 Å². The molecule has 3 heteroatoms. The average molecular weight is 213 g/mol. The largest absolute Gasteiger partial charge is 0.390 e. The summed E-state index contributed by atoms with van der Waals surface area (Å²) in [5.41, 5.74) is -0.554. The fourth-order valence-corrected chi connectivity index (χ4v) is 2.28. The lowest BCUT2D eigenvalue weighted by Gasteiger charge is -2.22. The third kappa shape index (κ3) is 3.44. The molecule has 2 N–H and O–H groups in total. The second-order valence-corrected chi connectivity index (χ2v) is 5.58. The fourth-order valence-electron chi connectivity index (χ4n) is 2.28. The molecule has 1 aliphatic carbocycles. The third-order valence-corrected chi connectivity index (χ3v) is 3.37. The summed E-state index contributed by atoms with van der Waals surface area (Å²) >= 11 is 0. The maximum Gasteiger partial charge on any atom is 0.0756 e. The van der Waals surface area contributed by atoms with E-state index in [0.717, 1.165) is 31.9 Å². The van der Waals surface area contributed by atoms with E-state index in [4.69, 9.17) is 4.74 Å². The molecule has 1 saturated carbocycles. The lowest BCUT2D eigenvalue weighted by Crippen LogP contribution is -2.40. The number of rotatable bonds is 5. The maximum atomic E-state index is 9.61. The Balaban J connectivity index is 1.69. The predicted molar refractivity (Wildman–Crippen MR) is 59.8 cm³/mol. The van der Waals surface area contributed by atoms with E-state index in [1.54, 1.807) is 0 Å². The van der Waals surface area contributed by atoms with E-state index in [1.807, 2.05) is 13.8 Å². The Hall–Kier alpha value is -0.120. The molecule has 0 aromatic heterocycles. The van der Waals surface area contributed by atoms with E-state index in [2.05, 4.69) is 5.32 Å². The first-order chi connectivity index (χ1) is 7.06. The molecular formula is C12H23NO2. The molecule has 2 rings (SSSR count). The van der Waals surface area contributed by atoms with Gasteiger partial charge in [-0.05, 0) is 52.0 Å². The fraction of sp³-hybridized carbons (Fsp3) is 1.00. The molecule has 15 heavy (non-hydrogen) atoms. The molecule has 1 heterocycles. The second kappa shape index (κ2) is 4.40. The normalized spacial score (nSPS) is 32.2. The average Bonchev–Trinajstić information content (AvgIpc) is 2.86. The summed E-state index contributed by atoms with van der Waals surface area (Å²) in [6.07, 6.45) is 5.07. The molecule has 1 aliphatic heterocycles. The number of hydrogen-bond acceptors (Lipinski definition) is 3. The standard InChI is InChI=1S/C12H23NO2/c1-12(2,14)6-7-13-10-5-8-15-11(10)9-3-4-9/h9-11,13-14H,3-8H2,1-2H3. The Kier molecular flexibility index (Phi) is 3.33. The summed E-state index contributed by atoms with van der Waals surface area (Å²) in [7, 11) is 0.